The lowest BCUT2D eigenvalue weighted by Gasteiger charge is -2.34. The van der Waals surface area contributed by atoms with Crippen molar-refractivity contribution in [3.63, 3.8) is 0 Å². The van der Waals surface area contributed by atoms with Crippen LogP contribution in [-0.2, 0) is 0 Å². The van der Waals surface area contributed by atoms with Gasteiger partial charge in [-0.3, -0.25) is 4.90 Å². The highest BCUT2D eigenvalue weighted by Crippen LogP contribution is 2.19. The van der Waals surface area contributed by atoms with Gasteiger partial charge in [-0.15, -0.1) is 0 Å². The second kappa shape index (κ2) is 8.62. The van der Waals surface area contributed by atoms with Crippen LogP contribution < -0.4 is 15.5 Å². The minimum Gasteiger partial charge on any atom is -0.338 e. The Morgan fingerprint density at radius 3 is 2.35 bits per heavy atom. The van der Waals surface area contributed by atoms with Crippen LogP contribution in [0.15, 0.2) is 36.7 Å². The fraction of sp³-hybridized carbons (Fsp3) is 0.421. The zero-order valence-electron chi connectivity index (χ0n) is 15.4. The first-order valence-electron chi connectivity index (χ1n) is 8.99. The number of hydrogen-bond donors (Lipinski definition) is 2. The van der Waals surface area contributed by atoms with Crippen LogP contribution in [-0.4, -0.2) is 60.2 Å². The molecule has 26 heavy (non-hydrogen) atoms. The molecular weight excluding hydrogens is 328 g/mol. The number of amides is 2. The van der Waals surface area contributed by atoms with Crippen molar-refractivity contribution in [3.8, 4) is 0 Å². The van der Waals surface area contributed by atoms with Gasteiger partial charge in [-0.2, -0.15) is 0 Å². The molecule has 1 saturated heterocycles. The van der Waals surface area contributed by atoms with Crippen LogP contribution in [0.5, 0.6) is 0 Å². The number of nitrogens with zero attached hydrogens (tertiary/aromatic N) is 4. The molecule has 0 unspecified atom stereocenters. The lowest BCUT2D eigenvalue weighted by atomic mass is 10.1. The molecule has 3 rings (SSSR count). The van der Waals surface area contributed by atoms with Gasteiger partial charge in [-0.25, -0.2) is 14.8 Å². The van der Waals surface area contributed by atoms with E-state index in [-0.39, 0.29) is 6.03 Å². The van der Waals surface area contributed by atoms with Gasteiger partial charge in [-0.1, -0.05) is 18.2 Å². The molecule has 1 fully saturated rings. The van der Waals surface area contributed by atoms with E-state index in [0.29, 0.717) is 6.54 Å². The van der Waals surface area contributed by atoms with Crippen LogP contribution in [0.25, 0.3) is 0 Å². The summed E-state index contributed by atoms with van der Waals surface area (Å²) in [4.78, 5) is 25.3. The predicted octanol–water partition coefficient (Wildman–Crippen LogP) is 2.04. The Morgan fingerprint density at radius 1 is 1.04 bits per heavy atom. The number of nitrogens with one attached hydrogen (secondary N) is 2. The summed E-state index contributed by atoms with van der Waals surface area (Å²) in [5.41, 5.74) is 3.03. The van der Waals surface area contributed by atoms with E-state index >= 15 is 0 Å². The molecular formula is C19H26N6O. The summed E-state index contributed by atoms with van der Waals surface area (Å²) in [5.74, 6) is 0.790. The molecule has 2 amide bonds. The number of anilines is 2. The third kappa shape index (κ3) is 4.70. The summed E-state index contributed by atoms with van der Waals surface area (Å²) < 4.78 is 0. The van der Waals surface area contributed by atoms with Gasteiger partial charge in [0.05, 0.1) is 0 Å². The van der Waals surface area contributed by atoms with Crippen molar-refractivity contribution in [1.29, 1.82) is 0 Å². The molecule has 1 aliphatic rings. The molecule has 2 heterocycles. The molecule has 0 saturated carbocycles. The fourth-order valence-electron chi connectivity index (χ4n) is 3.12. The minimum absolute atomic E-state index is 0.154. The number of aryl methyl sites for hydroxylation is 2. The number of carbonyl (C=O) groups excluding carboxylic acids is 1. The second-order valence-corrected chi connectivity index (χ2v) is 6.53. The molecule has 1 aromatic carbocycles. The fourth-order valence-corrected chi connectivity index (χ4v) is 3.12. The van der Waals surface area contributed by atoms with Crippen molar-refractivity contribution >= 4 is 17.7 Å². The standard InChI is InChI=1S/C19H26N6O/c1-15-5-3-6-16(2)17(15)23-19(26)22-9-10-24-11-13-25(14-12-24)18-20-7-4-8-21-18/h3-8H,9-14H2,1-2H3,(H2,22,23,26). The highest BCUT2D eigenvalue weighted by Gasteiger charge is 2.18. The largest absolute Gasteiger partial charge is 0.338 e. The summed E-state index contributed by atoms with van der Waals surface area (Å²) in [5, 5.41) is 5.90. The normalized spacial score (nSPS) is 14.9. The van der Waals surface area contributed by atoms with Gasteiger partial charge in [0.2, 0.25) is 5.95 Å². The van der Waals surface area contributed by atoms with Crippen LogP contribution in [0.3, 0.4) is 0 Å². The Balaban J connectivity index is 1.38. The van der Waals surface area contributed by atoms with Crippen molar-refractivity contribution in [3.05, 3.63) is 47.8 Å². The molecule has 7 heteroatoms. The van der Waals surface area contributed by atoms with Crippen molar-refractivity contribution in [2.24, 2.45) is 0 Å². The Morgan fingerprint density at radius 2 is 1.69 bits per heavy atom. The van der Waals surface area contributed by atoms with Crippen LogP contribution in [0.4, 0.5) is 16.4 Å². The quantitative estimate of drug-likeness (QED) is 0.860. The third-order valence-electron chi connectivity index (χ3n) is 4.64. The number of para-hydroxylation sites is 1. The number of hydrogen-bond acceptors (Lipinski definition) is 5. The molecule has 138 valence electrons. The van der Waals surface area contributed by atoms with E-state index < -0.39 is 0 Å². The first kappa shape index (κ1) is 18.1. The first-order valence-corrected chi connectivity index (χ1v) is 8.99. The van der Waals surface area contributed by atoms with Crippen LogP contribution >= 0.6 is 0 Å². The lowest BCUT2D eigenvalue weighted by Crippen LogP contribution is -2.49. The monoisotopic (exact) mass is 354 g/mol. The summed E-state index contributed by atoms with van der Waals surface area (Å²) in [6, 6.07) is 7.67. The molecule has 2 N–H and O–H groups in total. The van der Waals surface area contributed by atoms with E-state index in [0.717, 1.165) is 55.5 Å². The summed E-state index contributed by atoms with van der Waals surface area (Å²) in [7, 11) is 0. The molecule has 0 spiro atoms. The zero-order chi connectivity index (χ0) is 18.4. The summed E-state index contributed by atoms with van der Waals surface area (Å²) in [6.45, 7) is 9.15. The molecule has 0 bridgehead atoms. The Kier molecular flexibility index (Phi) is 6.01. The van der Waals surface area contributed by atoms with Gasteiger partial charge in [0.25, 0.3) is 0 Å². The lowest BCUT2D eigenvalue weighted by molar-refractivity contribution is 0.240. The molecule has 2 aromatic rings. The first-order chi connectivity index (χ1) is 12.6. The van der Waals surface area contributed by atoms with Crippen LogP contribution in [0.2, 0.25) is 0 Å². The van der Waals surface area contributed by atoms with E-state index in [9.17, 15) is 4.79 Å². The highest BCUT2D eigenvalue weighted by molar-refractivity contribution is 5.90. The van der Waals surface area contributed by atoms with Gasteiger partial charge in [-0.05, 0) is 31.0 Å². The van der Waals surface area contributed by atoms with Gasteiger partial charge in [0.1, 0.15) is 0 Å². The molecule has 0 atom stereocenters. The number of urea groups is 1. The Bertz CT molecular complexity index is 708. The maximum atomic E-state index is 12.1. The number of rotatable bonds is 5. The molecule has 1 aromatic heterocycles. The van der Waals surface area contributed by atoms with Gasteiger partial charge >= 0.3 is 6.03 Å². The van der Waals surface area contributed by atoms with Crippen molar-refractivity contribution in [2.45, 2.75) is 13.8 Å². The number of piperazine rings is 1. The Labute approximate surface area is 154 Å². The average Bonchev–Trinajstić information content (AvgIpc) is 2.66. The molecule has 7 nitrogen and oxygen atoms in total. The molecule has 1 aliphatic heterocycles. The average molecular weight is 354 g/mol. The van der Waals surface area contributed by atoms with Gasteiger partial charge < -0.3 is 15.5 Å². The van der Waals surface area contributed by atoms with E-state index in [1.54, 1.807) is 12.4 Å². The summed E-state index contributed by atoms with van der Waals surface area (Å²) in [6.07, 6.45) is 3.54. The smallest absolute Gasteiger partial charge is 0.319 e. The third-order valence-corrected chi connectivity index (χ3v) is 4.64. The topological polar surface area (TPSA) is 73.4 Å². The van der Waals surface area contributed by atoms with Gasteiger partial charge in [0.15, 0.2) is 0 Å². The van der Waals surface area contributed by atoms with Crippen LogP contribution in [0.1, 0.15) is 11.1 Å². The van der Waals surface area contributed by atoms with Gasteiger partial charge in [0, 0.05) is 57.3 Å². The number of aromatic nitrogens is 2. The zero-order valence-corrected chi connectivity index (χ0v) is 15.4. The maximum Gasteiger partial charge on any atom is 0.319 e. The van der Waals surface area contributed by atoms with E-state index in [1.807, 2.05) is 38.1 Å². The van der Waals surface area contributed by atoms with E-state index in [4.69, 9.17) is 0 Å². The van der Waals surface area contributed by atoms with Crippen LogP contribution in [0, 0.1) is 13.8 Å². The van der Waals surface area contributed by atoms with Crippen molar-refractivity contribution < 1.29 is 4.79 Å². The predicted molar refractivity (Wildman–Crippen MR) is 104 cm³/mol. The second-order valence-electron chi connectivity index (χ2n) is 6.53. The van der Waals surface area contributed by atoms with E-state index in [1.165, 1.54) is 0 Å². The van der Waals surface area contributed by atoms with E-state index in [2.05, 4.69) is 30.4 Å². The SMILES string of the molecule is Cc1cccc(C)c1NC(=O)NCCN1CCN(c2ncccn2)CC1. The molecule has 0 aliphatic carbocycles. The highest BCUT2D eigenvalue weighted by atomic mass is 16.2. The number of carbonyl (C=O) groups is 1. The van der Waals surface area contributed by atoms with Crippen molar-refractivity contribution in [1.82, 2.24) is 20.2 Å². The minimum atomic E-state index is -0.154. The summed E-state index contributed by atoms with van der Waals surface area (Å²) >= 11 is 0. The molecule has 0 radical (unpaired) electrons. The Hall–Kier alpha value is -2.67. The maximum absolute atomic E-state index is 12.1. The number of benzene rings is 1. The van der Waals surface area contributed by atoms with Crippen molar-refractivity contribution in [2.75, 3.05) is 49.5 Å².